The number of carbonyl (C=O) groups is 1. The number of hydrogen-bond donors (Lipinski definition) is 1. The van der Waals surface area contributed by atoms with E-state index in [0.717, 1.165) is 6.42 Å². The van der Waals surface area contributed by atoms with Crippen molar-refractivity contribution in [3.63, 3.8) is 0 Å². The Hall–Kier alpha value is -2.26. The first-order chi connectivity index (χ1) is 13.0. The Kier molecular flexibility index (Phi) is 8.41. The molecule has 1 amide bonds. The van der Waals surface area contributed by atoms with E-state index in [2.05, 4.69) is 15.5 Å². The molecule has 0 unspecified atom stereocenters. The zero-order chi connectivity index (χ0) is 19.6. The SMILES string of the molecule is COc1ccc(-c2nnc(SCC(=O)NCCCOC(C)C)o2)c(OC)c1. The first-order valence-electron chi connectivity index (χ1n) is 8.60. The maximum Gasteiger partial charge on any atom is 0.277 e. The van der Waals surface area contributed by atoms with Crippen molar-refractivity contribution < 1.29 is 23.4 Å². The highest BCUT2D eigenvalue weighted by Gasteiger charge is 2.15. The molecule has 0 saturated carbocycles. The molecule has 0 spiro atoms. The number of carbonyl (C=O) groups excluding carboxylic acids is 1. The molecule has 1 aromatic heterocycles. The van der Waals surface area contributed by atoms with Crippen LogP contribution in [-0.4, -0.2) is 55.3 Å². The Morgan fingerprint density at radius 1 is 1.26 bits per heavy atom. The molecule has 1 aromatic carbocycles. The van der Waals surface area contributed by atoms with Gasteiger partial charge in [-0.15, -0.1) is 10.2 Å². The summed E-state index contributed by atoms with van der Waals surface area (Å²) in [5, 5.41) is 11.1. The molecule has 0 aliphatic carbocycles. The third-order valence-electron chi connectivity index (χ3n) is 3.47. The van der Waals surface area contributed by atoms with Crippen molar-refractivity contribution in [3.8, 4) is 23.0 Å². The fourth-order valence-corrected chi connectivity index (χ4v) is 2.74. The minimum absolute atomic E-state index is 0.0914. The summed E-state index contributed by atoms with van der Waals surface area (Å²) in [6, 6.07) is 5.31. The average molecular weight is 395 g/mol. The molecule has 9 heteroatoms. The van der Waals surface area contributed by atoms with Crippen LogP contribution in [0.4, 0.5) is 0 Å². The second-order valence-electron chi connectivity index (χ2n) is 5.85. The Morgan fingerprint density at radius 2 is 2.07 bits per heavy atom. The molecule has 0 aliphatic heterocycles. The predicted octanol–water partition coefficient (Wildman–Crippen LogP) is 2.78. The Bertz CT molecular complexity index is 736. The Labute approximate surface area is 163 Å². The highest BCUT2D eigenvalue weighted by molar-refractivity contribution is 7.99. The zero-order valence-electron chi connectivity index (χ0n) is 16.0. The summed E-state index contributed by atoms with van der Waals surface area (Å²) >= 11 is 1.18. The lowest BCUT2D eigenvalue weighted by Gasteiger charge is -2.07. The maximum atomic E-state index is 11.9. The molecule has 0 bridgehead atoms. The molecule has 2 rings (SSSR count). The first kappa shape index (κ1) is 21.0. The van der Waals surface area contributed by atoms with E-state index in [4.69, 9.17) is 18.6 Å². The normalized spacial score (nSPS) is 10.9. The number of methoxy groups -OCH3 is 2. The van der Waals surface area contributed by atoms with Crippen LogP contribution in [0.25, 0.3) is 11.5 Å². The van der Waals surface area contributed by atoms with Crippen molar-refractivity contribution in [1.29, 1.82) is 0 Å². The predicted molar refractivity (Wildman–Crippen MR) is 102 cm³/mol. The van der Waals surface area contributed by atoms with Crippen LogP contribution in [0, 0.1) is 0 Å². The van der Waals surface area contributed by atoms with Crippen molar-refractivity contribution in [3.05, 3.63) is 18.2 Å². The molecule has 0 atom stereocenters. The van der Waals surface area contributed by atoms with Gasteiger partial charge in [-0.05, 0) is 32.4 Å². The number of aromatic nitrogens is 2. The van der Waals surface area contributed by atoms with Crippen molar-refractivity contribution in [2.24, 2.45) is 0 Å². The number of ether oxygens (including phenoxy) is 3. The summed E-state index contributed by atoms with van der Waals surface area (Å²) in [6.07, 6.45) is 0.976. The van der Waals surface area contributed by atoms with Gasteiger partial charge in [-0.1, -0.05) is 11.8 Å². The average Bonchev–Trinajstić information content (AvgIpc) is 3.14. The Morgan fingerprint density at radius 3 is 2.78 bits per heavy atom. The van der Waals surface area contributed by atoms with Gasteiger partial charge in [0.25, 0.3) is 11.1 Å². The second-order valence-corrected chi connectivity index (χ2v) is 6.78. The van der Waals surface area contributed by atoms with Gasteiger partial charge in [0.1, 0.15) is 11.5 Å². The molecule has 1 heterocycles. The first-order valence-corrected chi connectivity index (χ1v) is 9.59. The third kappa shape index (κ3) is 6.76. The molecule has 0 radical (unpaired) electrons. The number of amides is 1. The fraction of sp³-hybridized carbons (Fsp3) is 0.500. The molecule has 0 fully saturated rings. The van der Waals surface area contributed by atoms with E-state index in [9.17, 15) is 4.79 Å². The van der Waals surface area contributed by atoms with Gasteiger partial charge in [-0.25, -0.2) is 0 Å². The number of thioether (sulfide) groups is 1. The molecular weight excluding hydrogens is 370 g/mol. The van der Waals surface area contributed by atoms with E-state index in [1.807, 2.05) is 13.8 Å². The van der Waals surface area contributed by atoms with Crippen molar-refractivity contribution >= 4 is 17.7 Å². The van der Waals surface area contributed by atoms with E-state index >= 15 is 0 Å². The van der Waals surface area contributed by atoms with Gasteiger partial charge >= 0.3 is 0 Å². The lowest BCUT2D eigenvalue weighted by molar-refractivity contribution is -0.118. The van der Waals surface area contributed by atoms with Crippen LogP contribution < -0.4 is 14.8 Å². The van der Waals surface area contributed by atoms with Crippen LogP contribution in [0.1, 0.15) is 20.3 Å². The van der Waals surface area contributed by atoms with E-state index in [0.29, 0.717) is 41.3 Å². The summed E-state index contributed by atoms with van der Waals surface area (Å²) in [5.41, 5.74) is 0.659. The summed E-state index contributed by atoms with van der Waals surface area (Å²) in [6.45, 7) is 5.16. The lowest BCUT2D eigenvalue weighted by atomic mass is 10.2. The lowest BCUT2D eigenvalue weighted by Crippen LogP contribution is -2.27. The maximum absolute atomic E-state index is 11.9. The fourth-order valence-electron chi connectivity index (χ4n) is 2.15. The standard InChI is InChI=1S/C18H25N3O5S/c1-12(2)25-9-5-8-19-16(22)11-27-18-21-20-17(26-18)14-7-6-13(23-3)10-15(14)24-4/h6-7,10,12H,5,8-9,11H2,1-4H3,(H,19,22). The molecule has 27 heavy (non-hydrogen) atoms. The second kappa shape index (κ2) is 10.8. The smallest absolute Gasteiger partial charge is 0.277 e. The topological polar surface area (TPSA) is 95.7 Å². The molecule has 148 valence electrons. The molecule has 0 saturated heterocycles. The van der Waals surface area contributed by atoms with Crippen LogP contribution in [0.5, 0.6) is 11.5 Å². The van der Waals surface area contributed by atoms with Crippen LogP contribution in [0.15, 0.2) is 27.8 Å². The van der Waals surface area contributed by atoms with Crippen LogP contribution >= 0.6 is 11.8 Å². The monoisotopic (exact) mass is 395 g/mol. The minimum Gasteiger partial charge on any atom is -0.497 e. The van der Waals surface area contributed by atoms with E-state index < -0.39 is 0 Å². The van der Waals surface area contributed by atoms with Gasteiger partial charge in [0, 0.05) is 19.2 Å². The highest BCUT2D eigenvalue weighted by atomic mass is 32.2. The van der Waals surface area contributed by atoms with Crippen LogP contribution in [-0.2, 0) is 9.53 Å². The van der Waals surface area contributed by atoms with Crippen molar-refractivity contribution in [1.82, 2.24) is 15.5 Å². The van der Waals surface area contributed by atoms with Gasteiger partial charge in [0.15, 0.2) is 0 Å². The van der Waals surface area contributed by atoms with Gasteiger partial charge < -0.3 is 23.9 Å². The van der Waals surface area contributed by atoms with Gasteiger partial charge in [0.2, 0.25) is 5.91 Å². The summed E-state index contributed by atoms with van der Waals surface area (Å²) in [4.78, 5) is 11.9. The molecule has 1 N–H and O–H groups in total. The molecular formula is C18H25N3O5S. The van der Waals surface area contributed by atoms with Crippen molar-refractivity contribution in [2.45, 2.75) is 31.6 Å². The number of nitrogens with one attached hydrogen (secondary N) is 1. The van der Waals surface area contributed by atoms with Gasteiger partial charge in [-0.3, -0.25) is 4.79 Å². The number of nitrogens with zero attached hydrogens (tertiary/aromatic N) is 2. The van der Waals surface area contributed by atoms with E-state index in [1.54, 1.807) is 32.4 Å². The molecule has 8 nitrogen and oxygen atoms in total. The highest BCUT2D eigenvalue weighted by Crippen LogP contribution is 2.33. The minimum atomic E-state index is -0.0914. The van der Waals surface area contributed by atoms with Gasteiger partial charge in [-0.2, -0.15) is 0 Å². The van der Waals surface area contributed by atoms with Crippen molar-refractivity contribution in [2.75, 3.05) is 33.1 Å². The van der Waals surface area contributed by atoms with Crippen LogP contribution in [0.3, 0.4) is 0 Å². The quantitative estimate of drug-likeness (QED) is 0.458. The zero-order valence-corrected chi connectivity index (χ0v) is 16.8. The van der Waals surface area contributed by atoms with Gasteiger partial charge in [0.05, 0.1) is 31.6 Å². The number of rotatable bonds is 11. The number of hydrogen-bond acceptors (Lipinski definition) is 8. The summed E-state index contributed by atoms with van der Waals surface area (Å²) in [7, 11) is 3.14. The largest absolute Gasteiger partial charge is 0.497 e. The van der Waals surface area contributed by atoms with Crippen LogP contribution in [0.2, 0.25) is 0 Å². The third-order valence-corrected chi connectivity index (χ3v) is 4.29. The summed E-state index contributed by atoms with van der Waals surface area (Å²) in [5.74, 6) is 1.66. The van der Waals surface area contributed by atoms with E-state index in [-0.39, 0.29) is 17.8 Å². The van der Waals surface area contributed by atoms with E-state index in [1.165, 1.54) is 11.8 Å². The molecule has 0 aliphatic rings. The molecule has 2 aromatic rings. The number of benzene rings is 1. The Balaban J connectivity index is 1.83. The summed E-state index contributed by atoms with van der Waals surface area (Å²) < 4.78 is 21.6.